The fourth-order valence-electron chi connectivity index (χ4n) is 1.67. The first-order valence-corrected chi connectivity index (χ1v) is 6.74. The molecule has 0 aliphatic heterocycles. The summed E-state index contributed by atoms with van der Waals surface area (Å²) in [5, 5.41) is 15.7. The molecule has 0 aromatic carbocycles. The van der Waals surface area contributed by atoms with Gasteiger partial charge in [-0.05, 0) is 20.3 Å². The molecule has 0 bridgehead atoms. The van der Waals surface area contributed by atoms with Gasteiger partial charge in [-0.1, -0.05) is 20.8 Å². The first kappa shape index (κ1) is 15.7. The lowest BCUT2D eigenvalue weighted by atomic mass is 9.95. The molecule has 1 aromatic rings. The average molecular weight is 266 g/mol. The molecule has 0 fully saturated rings. The van der Waals surface area contributed by atoms with E-state index in [0.29, 0.717) is 13.0 Å². The number of rotatable bonds is 5. The van der Waals surface area contributed by atoms with Crippen LogP contribution in [0.3, 0.4) is 0 Å². The van der Waals surface area contributed by atoms with Gasteiger partial charge in [-0.15, -0.1) is 0 Å². The Bertz CT molecular complexity index is 424. The van der Waals surface area contributed by atoms with E-state index >= 15 is 0 Å². The highest BCUT2D eigenvalue weighted by molar-refractivity contribution is 5.57. The van der Waals surface area contributed by atoms with E-state index < -0.39 is 0 Å². The smallest absolute Gasteiger partial charge is 0.138 e. The molecule has 1 atom stereocenters. The van der Waals surface area contributed by atoms with E-state index in [-0.39, 0.29) is 11.5 Å². The fourth-order valence-corrected chi connectivity index (χ4v) is 1.67. The lowest BCUT2D eigenvalue weighted by Crippen LogP contribution is -2.20. The van der Waals surface area contributed by atoms with Gasteiger partial charge in [-0.3, -0.25) is 0 Å². The monoisotopic (exact) mass is 266 g/mol. The molecule has 0 saturated heterocycles. The van der Waals surface area contributed by atoms with Crippen LogP contribution in [0.2, 0.25) is 0 Å². The van der Waals surface area contributed by atoms with E-state index in [1.54, 1.807) is 6.92 Å². The molecule has 0 amide bonds. The van der Waals surface area contributed by atoms with Crippen LogP contribution in [0.1, 0.15) is 45.5 Å². The van der Waals surface area contributed by atoms with Crippen LogP contribution in [0, 0.1) is 6.92 Å². The molecule has 108 valence electrons. The number of aromatic nitrogens is 2. The second-order valence-electron chi connectivity index (χ2n) is 5.93. The van der Waals surface area contributed by atoms with E-state index in [1.807, 2.05) is 14.0 Å². The first-order valence-electron chi connectivity index (χ1n) is 6.74. The lowest BCUT2D eigenvalue weighted by molar-refractivity contribution is 0.188. The summed E-state index contributed by atoms with van der Waals surface area (Å²) >= 11 is 0. The summed E-state index contributed by atoms with van der Waals surface area (Å²) in [4.78, 5) is 9.16. The Morgan fingerprint density at radius 1 is 1.21 bits per heavy atom. The van der Waals surface area contributed by atoms with Gasteiger partial charge in [0.05, 0.1) is 6.10 Å². The molecule has 3 N–H and O–H groups in total. The standard InChI is InChI=1S/C14H26N4O/c1-9(19)7-8-16-12-10(2)11(15-6)17-13(18-12)14(3,4)5/h9,19H,7-8H2,1-6H3,(H2,15,16,17,18). The van der Waals surface area contributed by atoms with Crippen molar-refractivity contribution in [2.24, 2.45) is 0 Å². The number of aliphatic hydroxyl groups excluding tert-OH is 1. The molecule has 1 unspecified atom stereocenters. The summed E-state index contributed by atoms with van der Waals surface area (Å²) in [5.74, 6) is 2.49. The van der Waals surface area contributed by atoms with Crippen molar-refractivity contribution in [3.05, 3.63) is 11.4 Å². The molecule has 5 heteroatoms. The SMILES string of the molecule is CNc1nc(C(C)(C)C)nc(NCCC(C)O)c1C. The van der Waals surface area contributed by atoms with Crippen LogP contribution in [-0.2, 0) is 5.41 Å². The zero-order chi connectivity index (χ0) is 14.6. The quantitative estimate of drug-likeness (QED) is 0.763. The summed E-state index contributed by atoms with van der Waals surface area (Å²) in [7, 11) is 1.86. The van der Waals surface area contributed by atoms with Crippen molar-refractivity contribution in [2.45, 2.75) is 52.6 Å². The molecule has 0 aliphatic carbocycles. The van der Waals surface area contributed by atoms with Gasteiger partial charge in [0.1, 0.15) is 17.5 Å². The van der Waals surface area contributed by atoms with Crippen LogP contribution in [0.5, 0.6) is 0 Å². The minimum absolute atomic E-state index is 0.0972. The van der Waals surface area contributed by atoms with E-state index in [9.17, 15) is 5.11 Å². The van der Waals surface area contributed by atoms with E-state index in [0.717, 1.165) is 23.0 Å². The van der Waals surface area contributed by atoms with Crippen LogP contribution < -0.4 is 10.6 Å². The third kappa shape index (κ3) is 4.35. The normalized spacial score (nSPS) is 13.2. The van der Waals surface area contributed by atoms with E-state index in [1.165, 1.54) is 0 Å². The molecule has 1 rings (SSSR count). The van der Waals surface area contributed by atoms with Crippen molar-refractivity contribution >= 4 is 11.6 Å². The van der Waals surface area contributed by atoms with Gasteiger partial charge >= 0.3 is 0 Å². The topological polar surface area (TPSA) is 70.1 Å². The van der Waals surface area contributed by atoms with Gasteiger partial charge in [-0.2, -0.15) is 0 Å². The molecule has 1 aromatic heterocycles. The summed E-state index contributed by atoms with van der Waals surface area (Å²) < 4.78 is 0. The van der Waals surface area contributed by atoms with Crippen LogP contribution >= 0.6 is 0 Å². The molecule has 1 heterocycles. The summed E-state index contributed by atoms with van der Waals surface area (Å²) in [6, 6.07) is 0. The maximum Gasteiger partial charge on any atom is 0.138 e. The number of hydrogen-bond acceptors (Lipinski definition) is 5. The molecular formula is C14H26N4O. The van der Waals surface area contributed by atoms with Gasteiger partial charge in [-0.25, -0.2) is 9.97 Å². The average Bonchev–Trinajstić information content (AvgIpc) is 2.29. The summed E-state index contributed by atoms with van der Waals surface area (Å²) in [6.45, 7) is 10.8. The lowest BCUT2D eigenvalue weighted by Gasteiger charge is -2.21. The molecule has 0 aliphatic rings. The third-order valence-corrected chi connectivity index (χ3v) is 2.91. The summed E-state index contributed by atoms with van der Waals surface area (Å²) in [5.41, 5.74) is 0.904. The molecule has 5 nitrogen and oxygen atoms in total. The number of nitrogens with zero attached hydrogens (tertiary/aromatic N) is 2. The zero-order valence-corrected chi connectivity index (χ0v) is 12.8. The van der Waals surface area contributed by atoms with Gasteiger partial charge in [0.15, 0.2) is 0 Å². The van der Waals surface area contributed by atoms with Crippen LogP contribution in [0.4, 0.5) is 11.6 Å². The van der Waals surface area contributed by atoms with Gasteiger partial charge in [0, 0.05) is 24.6 Å². The highest BCUT2D eigenvalue weighted by Crippen LogP contribution is 2.25. The molecular weight excluding hydrogens is 240 g/mol. The Balaban J connectivity index is 3.01. The Hall–Kier alpha value is -1.36. The third-order valence-electron chi connectivity index (χ3n) is 2.91. The predicted octanol–water partition coefficient (Wildman–Crippen LogP) is 2.31. The second-order valence-corrected chi connectivity index (χ2v) is 5.93. The maximum absolute atomic E-state index is 9.30. The maximum atomic E-state index is 9.30. The minimum Gasteiger partial charge on any atom is -0.393 e. The van der Waals surface area contributed by atoms with Gasteiger partial charge < -0.3 is 15.7 Å². The second kappa shape index (κ2) is 6.19. The van der Waals surface area contributed by atoms with Crippen molar-refractivity contribution in [2.75, 3.05) is 24.2 Å². The number of aliphatic hydroxyl groups is 1. The van der Waals surface area contributed by atoms with Gasteiger partial charge in [0.25, 0.3) is 0 Å². The highest BCUT2D eigenvalue weighted by atomic mass is 16.3. The van der Waals surface area contributed by atoms with Crippen LogP contribution in [0.25, 0.3) is 0 Å². The molecule has 19 heavy (non-hydrogen) atoms. The van der Waals surface area contributed by atoms with Gasteiger partial charge in [0.2, 0.25) is 0 Å². The fraction of sp³-hybridized carbons (Fsp3) is 0.714. The van der Waals surface area contributed by atoms with Crippen LogP contribution in [-0.4, -0.2) is 34.8 Å². The number of hydrogen-bond donors (Lipinski definition) is 3. The van der Waals surface area contributed by atoms with Crippen molar-refractivity contribution in [3.63, 3.8) is 0 Å². The Morgan fingerprint density at radius 2 is 1.79 bits per heavy atom. The Kier molecular flexibility index (Phi) is 5.11. The zero-order valence-electron chi connectivity index (χ0n) is 12.8. The van der Waals surface area contributed by atoms with Crippen molar-refractivity contribution in [1.82, 2.24) is 9.97 Å². The highest BCUT2D eigenvalue weighted by Gasteiger charge is 2.20. The molecule has 0 spiro atoms. The Morgan fingerprint density at radius 3 is 2.26 bits per heavy atom. The largest absolute Gasteiger partial charge is 0.393 e. The minimum atomic E-state index is -0.305. The Labute approximate surface area is 115 Å². The molecule has 0 radical (unpaired) electrons. The first-order chi connectivity index (χ1) is 8.75. The summed E-state index contributed by atoms with van der Waals surface area (Å²) in [6.07, 6.45) is 0.393. The molecule has 0 saturated carbocycles. The van der Waals surface area contributed by atoms with Crippen LogP contribution in [0.15, 0.2) is 0 Å². The van der Waals surface area contributed by atoms with Crippen molar-refractivity contribution < 1.29 is 5.11 Å². The van der Waals surface area contributed by atoms with E-state index in [4.69, 9.17) is 0 Å². The van der Waals surface area contributed by atoms with E-state index in [2.05, 4.69) is 41.4 Å². The van der Waals surface area contributed by atoms with Crippen molar-refractivity contribution in [3.8, 4) is 0 Å². The predicted molar refractivity (Wildman–Crippen MR) is 79.8 cm³/mol. The number of nitrogens with one attached hydrogen (secondary N) is 2. The number of anilines is 2. The van der Waals surface area contributed by atoms with Crippen molar-refractivity contribution in [1.29, 1.82) is 0 Å².